The van der Waals surface area contributed by atoms with Crippen LogP contribution in [0, 0.1) is 5.92 Å². The average Bonchev–Trinajstić information content (AvgIpc) is 2.37. The van der Waals surface area contributed by atoms with Gasteiger partial charge in [0.05, 0.1) is 25.9 Å². The summed E-state index contributed by atoms with van der Waals surface area (Å²) in [5.74, 6) is 1.83. The Labute approximate surface area is 103 Å². The maximum absolute atomic E-state index is 10.3. The fourth-order valence-electron chi connectivity index (χ4n) is 1.87. The third-order valence-corrected chi connectivity index (χ3v) is 3.12. The molecule has 1 N–H and O–H groups in total. The van der Waals surface area contributed by atoms with E-state index in [0.717, 1.165) is 12.0 Å². The van der Waals surface area contributed by atoms with Gasteiger partial charge in [0.2, 0.25) is 0 Å². The van der Waals surface area contributed by atoms with Crippen LogP contribution >= 0.6 is 0 Å². The van der Waals surface area contributed by atoms with Crippen LogP contribution in [0.5, 0.6) is 11.5 Å². The maximum atomic E-state index is 10.3. The molecule has 0 fully saturated rings. The minimum Gasteiger partial charge on any atom is -0.496 e. The molecule has 0 aliphatic rings. The Bertz CT molecular complexity index is 327. The monoisotopic (exact) mass is 238 g/mol. The molecule has 0 heterocycles. The van der Waals surface area contributed by atoms with Crippen molar-refractivity contribution in [1.29, 1.82) is 0 Å². The number of hydrogen-bond donors (Lipinski definition) is 1. The molecule has 0 aliphatic carbocycles. The summed E-state index contributed by atoms with van der Waals surface area (Å²) in [6.07, 6.45) is 1.22. The third-order valence-electron chi connectivity index (χ3n) is 3.12. The van der Waals surface area contributed by atoms with Crippen LogP contribution in [0.4, 0.5) is 0 Å². The van der Waals surface area contributed by atoms with Crippen molar-refractivity contribution < 1.29 is 14.6 Å². The lowest BCUT2D eigenvalue weighted by Crippen LogP contribution is -2.07. The molecule has 3 nitrogen and oxygen atoms in total. The number of benzene rings is 1. The second-order valence-corrected chi connectivity index (χ2v) is 4.34. The fourth-order valence-corrected chi connectivity index (χ4v) is 1.87. The van der Waals surface area contributed by atoms with E-state index in [2.05, 4.69) is 13.8 Å². The summed E-state index contributed by atoms with van der Waals surface area (Å²) >= 11 is 0. The van der Waals surface area contributed by atoms with Gasteiger partial charge in [-0.15, -0.1) is 0 Å². The lowest BCUT2D eigenvalue weighted by molar-refractivity contribution is 0.139. The van der Waals surface area contributed by atoms with Crippen molar-refractivity contribution in [3.63, 3.8) is 0 Å². The summed E-state index contributed by atoms with van der Waals surface area (Å²) in [5.41, 5.74) is 0.748. The molecule has 0 aliphatic heterocycles. The first-order chi connectivity index (χ1) is 8.13. The number of ether oxygens (including phenoxy) is 2. The normalized spacial score (nSPS) is 14.2. The van der Waals surface area contributed by atoms with Gasteiger partial charge in [-0.2, -0.15) is 0 Å². The molecule has 1 aromatic carbocycles. The van der Waals surface area contributed by atoms with E-state index in [4.69, 9.17) is 9.47 Å². The van der Waals surface area contributed by atoms with Crippen molar-refractivity contribution in [1.82, 2.24) is 0 Å². The molecule has 1 aromatic rings. The van der Waals surface area contributed by atoms with E-state index in [9.17, 15) is 5.11 Å². The van der Waals surface area contributed by atoms with E-state index in [1.165, 1.54) is 0 Å². The Morgan fingerprint density at radius 1 is 1.18 bits per heavy atom. The number of methoxy groups -OCH3 is 2. The lowest BCUT2D eigenvalue weighted by atomic mass is 9.95. The van der Waals surface area contributed by atoms with Gasteiger partial charge in [0.15, 0.2) is 0 Å². The van der Waals surface area contributed by atoms with Crippen molar-refractivity contribution in [2.24, 2.45) is 5.92 Å². The topological polar surface area (TPSA) is 38.7 Å². The van der Waals surface area contributed by atoms with E-state index in [0.29, 0.717) is 23.8 Å². The highest BCUT2D eigenvalue weighted by molar-refractivity contribution is 5.46. The number of rotatable bonds is 6. The first-order valence-electron chi connectivity index (χ1n) is 6.02. The van der Waals surface area contributed by atoms with E-state index >= 15 is 0 Å². The smallest absolute Gasteiger partial charge is 0.128 e. The molecule has 2 atom stereocenters. The molecule has 0 saturated carbocycles. The van der Waals surface area contributed by atoms with Crippen LogP contribution in [0.25, 0.3) is 0 Å². The van der Waals surface area contributed by atoms with Crippen LogP contribution in [0.2, 0.25) is 0 Å². The molecule has 2 unspecified atom stereocenters. The van der Waals surface area contributed by atoms with Crippen molar-refractivity contribution in [3.8, 4) is 11.5 Å². The summed E-state index contributed by atoms with van der Waals surface area (Å²) in [6.45, 7) is 4.25. The highest BCUT2D eigenvalue weighted by Gasteiger charge is 2.20. The molecule has 0 aromatic heterocycles. The Morgan fingerprint density at radius 2 is 1.71 bits per heavy atom. The number of aliphatic hydroxyl groups is 1. The van der Waals surface area contributed by atoms with Crippen molar-refractivity contribution in [2.75, 3.05) is 14.2 Å². The van der Waals surface area contributed by atoms with Crippen LogP contribution in [0.1, 0.15) is 38.4 Å². The zero-order valence-electron chi connectivity index (χ0n) is 11.1. The Morgan fingerprint density at radius 3 is 2.12 bits per heavy atom. The van der Waals surface area contributed by atoms with Crippen LogP contribution in [0.15, 0.2) is 18.2 Å². The van der Waals surface area contributed by atoms with Crippen molar-refractivity contribution in [3.05, 3.63) is 23.8 Å². The van der Waals surface area contributed by atoms with Crippen LogP contribution in [-0.2, 0) is 0 Å². The summed E-state index contributed by atoms with van der Waals surface area (Å²) < 4.78 is 10.6. The first kappa shape index (κ1) is 13.8. The van der Waals surface area contributed by atoms with Gasteiger partial charge >= 0.3 is 0 Å². The molecule has 0 saturated heterocycles. The minimum atomic E-state index is -0.545. The SMILES string of the molecule is CCC(C)CC(O)c1c(OC)cccc1OC. The zero-order chi connectivity index (χ0) is 12.8. The van der Waals surface area contributed by atoms with Gasteiger partial charge < -0.3 is 14.6 Å². The molecule has 96 valence electrons. The first-order valence-corrected chi connectivity index (χ1v) is 6.02. The molecule has 0 amide bonds. The second-order valence-electron chi connectivity index (χ2n) is 4.34. The van der Waals surface area contributed by atoms with Crippen LogP contribution < -0.4 is 9.47 Å². The van der Waals surface area contributed by atoms with Gasteiger partial charge in [0, 0.05) is 0 Å². The Balaban J connectivity index is 3.00. The maximum Gasteiger partial charge on any atom is 0.128 e. The van der Waals surface area contributed by atoms with Crippen molar-refractivity contribution >= 4 is 0 Å². The molecule has 0 spiro atoms. The highest BCUT2D eigenvalue weighted by atomic mass is 16.5. The van der Waals surface area contributed by atoms with Gasteiger partial charge in [0.25, 0.3) is 0 Å². The molecule has 17 heavy (non-hydrogen) atoms. The summed E-state index contributed by atoms with van der Waals surface area (Å²) in [7, 11) is 3.21. The van der Waals surface area contributed by atoms with E-state index in [1.807, 2.05) is 18.2 Å². The Kier molecular flexibility index (Phi) is 5.29. The highest BCUT2D eigenvalue weighted by Crippen LogP contribution is 2.37. The van der Waals surface area contributed by atoms with Gasteiger partial charge in [-0.3, -0.25) is 0 Å². The largest absolute Gasteiger partial charge is 0.496 e. The molecular weight excluding hydrogens is 216 g/mol. The second kappa shape index (κ2) is 6.50. The third kappa shape index (κ3) is 3.37. The summed E-state index contributed by atoms with van der Waals surface area (Å²) in [5, 5.41) is 10.3. The lowest BCUT2D eigenvalue weighted by Gasteiger charge is -2.20. The van der Waals surface area contributed by atoms with Crippen LogP contribution in [-0.4, -0.2) is 19.3 Å². The van der Waals surface area contributed by atoms with Crippen LogP contribution in [0.3, 0.4) is 0 Å². The van der Waals surface area contributed by atoms with Crippen molar-refractivity contribution in [2.45, 2.75) is 32.8 Å². The summed E-state index contributed by atoms with van der Waals surface area (Å²) in [6, 6.07) is 5.55. The molecule has 3 heteroatoms. The predicted octanol–water partition coefficient (Wildman–Crippen LogP) is 3.17. The van der Waals surface area contributed by atoms with Gasteiger partial charge in [-0.05, 0) is 24.5 Å². The molecule has 0 radical (unpaired) electrons. The van der Waals surface area contributed by atoms with Gasteiger partial charge in [-0.1, -0.05) is 26.3 Å². The van der Waals surface area contributed by atoms with Gasteiger partial charge in [0.1, 0.15) is 11.5 Å². The molecule has 0 bridgehead atoms. The van der Waals surface area contributed by atoms with Gasteiger partial charge in [-0.25, -0.2) is 0 Å². The summed E-state index contributed by atoms with van der Waals surface area (Å²) in [4.78, 5) is 0. The fraction of sp³-hybridized carbons (Fsp3) is 0.571. The zero-order valence-corrected chi connectivity index (χ0v) is 11.1. The Hall–Kier alpha value is -1.22. The molecule has 1 rings (SSSR count). The number of hydrogen-bond acceptors (Lipinski definition) is 3. The quantitative estimate of drug-likeness (QED) is 0.827. The average molecular weight is 238 g/mol. The van der Waals surface area contributed by atoms with E-state index in [-0.39, 0.29) is 0 Å². The van der Waals surface area contributed by atoms with E-state index in [1.54, 1.807) is 14.2 Å². The minimum absolute atomic E-state index is 0.472. The predicted molar refractivity (Wildman–Crippen MR) is 68.6 cm³/mol. The number of aliphatic hydroxyl groups excluding tert-OH is 1. The standard InChI is InChI=1S/C14H22O3/c1-5-10(2)9-11(15)14-12(16-3)7-6-8-13(14)17-4/h6-8,10-11,15H,5,9H2,1-4H3. The molecular formula is C14H22O3. The van der Waals surface area contributed by atoms with E-state index < -0.39 is 6.10 Å².